The van der Waals surface area contributed by atoms with Crippen LogP contribution in [0.5, 0.6) is 0 Å². The van der Waals surface area contributed by atoms with Crippen molar-refractivity contribution in [1.29, 1.82) is 0 Å². The van der Waals surface area contributed by atoms with Crippen molar-refractivity contribution in [2.75, 3.05) is 0 Å². The van der Waals surface area contributed by atoms with Crippen LogP contribution in [0.15, 0.2) is 182 Å². The lowest BCUT2D eigenvalue weighted by atomic mass is 10.1. The van der Waals surface area contributed by atoms with Crippen LogP contribution < -0.4 is 0 Å². The van der Waals surface area contributed by atoms with Crippen LogP contribution in [0.25, 0.3) is 119 Å². The second-order valence-corrected chi connectivity index (χ2v) is 17.2. The highest BCUT2D eigenvalue weighted by molar-refractivity contribution is 7.25. The number of hydrogen-bond donors (Lipinski definition) is 0. The van der Waals surface area contributed by atoms with Gasteiger partial charge in [0, 0.05) is 64.1 Å². The molecule has 0 N–H and O–H groups in total. The van der Waals surface area contributed by atoms with E-state index in [1.165, 1.54) is 30.3 Å². The van der Waals surface area contributed by atoms with E-state index >= 15 is 0 Å². The highest BCUT2D eigenvalue weighted by Crippen LogP contribution is 2.42. The van der Waals surface area contributed by atoms with E-state index in [1.54, 1.807) is 11.3 Å². The van der Waals surface area contributed by atoms with Gasteiger partial charge < -0.3 is 4.57 Å². The smallest absolute Gasteiger partial charge is 0.238 e. The number of aromatic nitrogens is 6. The summed E-state index contributed by atoms with van der Waals surface area (Å²) in [5.41, 5.74) is 9.34. The van der Waals surface area contributed by atoms with Gasteiger partial charge in [0.05, 0.1) is 32.3 Å². The highest BCUT2D eigenvalue weighted by atomic mass is 32.1. The first-order valence-electron chi connectivity index (χ1n) is 19.9. The lowest BCUT2D eigenvalue weighted by Crippen LogP contribution is -2.07. The van der Waals surface area contributed by atoms with Crippen molar-refractivity contribution in [2.24, 2.45) is 0 Å². The Bertz CT molecular complexity index is 3800. The van der Waals surface area contributed by atoms with Gasteiger partial charge in [-0.1, -0.05) is 109 Å². The highest BCUT2D eigenvalue weighted by Gasteiger charge is 2.24. The third kappa shape index (κ3) is 5.05. The molecule has 0 atom stereocenters. The van der Waals surface area contributed by atoms with Crippen molar-refractivity contribution in [3.63, 3.8) is 0 Å². The normalized spacial score (nSPS) is 12.0. The molecule has 5 aromatic heterocycles. The van der Waals surface area contributed by atoms with Crippen molar-refractivity contribution < 1.29 is 0 Å². The van der Waals surface area contributed by atoms with E-state index in [1.807, 2.05) is 35.6 Å². The lowest BCUT2D eigenvalue weighted by Gasteiger charge is -2.13. The summed E-state index contributed by atoms with van der Waals surface area (Å²) >= 11 is 3.53. The van der Waals surface area contributed by atoms with Crippen molar-refractivity contribution in [3.8, 4) is 45.0 Å². The Kier molecular flexibility index (Phi) is 7.24. The van der Waals surface area contributed by atoms with Crippen LogP contribution in [0.1, 0.15) is 0 Å². The fourth-order valence-corrected chi connectivity index (χ4v) is 11.0. The van der Waals surface area contributed by atoms with Gasteiger partial charge >= 0.3 is 0 Å². The molecule has 0 aliphatic rings. The quantitative estimate of drug-likeness (QED) is 0.174. The van der Waals surface area contributed by atoms with Crippen LogP contribution in [0.2, 0.25) is 0 Å². The van der Waals surface area contributed by atoms with Gasteiger partial charge in [0.15, 0.2) is 11.6 Å². The number of rotatable bonds is 5. The number of thiazole rings is 1. The number of benzene rings is 8. The average molecular weight is 803 g/mol. The molecule has 60 heavy (non-hydrogen) atoms. The van der Waals surface area contributed by atoms with Crippen LogP contribution in [0.4, 0.5) is 0 Å². The lowest BCUT2D eigenvalue weighted by molar-refractivity contribution is 0.953. The van der Waals surface area contributed by atoms with Crippen molar-refractivity contribution in [2.45, 2.75) is 0 Å². The summed E-state index contributed by atoms with van der Waals surface area (Å²) in [4.78, 5) is 20.9. The zero-order valence-electron chi connectivity index (χ0n) is 31.8. The molecule has 0 saturated carbocycles. The molecule has 8 heteroatoms. The molecular weight excluding hydrogens is 773 g/mol. The molecule has 5 heterocycles. The molecule has 0 radical (unpaired) electrons. The topological polar surface area (TPSA) is 61.4 Å². The number of hydrogen-bond acceptors (Lipinski definition) is 6. The standard InChI is InChI=1S/C52H30N6S2/c1-2-12-31(13-3-1)49-54-50(33-24-29-45-40(30-33)37-16-6-10-20-44(37)59-45)56-52(55-49)58-43-19-9-5-15-36(43)39-28-27-38-35-14-4-8-18-42(35)57(47(38)48(39)58)34-25-22-32(23-26-34)51-53-41-17-7-11-21-46(41)60-51/h1-30H. The summed E-state index contributed by atoms with van der Waals surface area (Å²) < 4.78 is 8.35. The zero-order chi connectivity index (χ0) is 39.3. The molecule has 0 amide bonds. The van der Waals surface area contributed by atoms with Gasteiger partial charge in [-0.3, -0.25) is 4.57 Å². The molecule has 0 spiro atoms. The Balaban J connectivity index is 1.09. The van der Waals surface area contributed by atoms with Gasteiger partial charge in [0.2, 0.25) is 5.95 Å². The summed E-state index contributed by atoms with van der Waals surface area (Å²) in [5, 5.41) is 8.05. The molecule has 0 saturated heterocycles. The van der Waals surface area contributed by atoms with Gasteiger partial charge in [0.25, 0.3) is 0 Å². The number of fused-ring (bicyclic) bond motifs is 11. The maximum Gasteiger partial charge on any atom is 0.238 e. The van der Waals surface area contributed by atoms with Gasteiger partial charge in [-0.15, -0.1) is 22.7 Å². The number of para-hydroxylation sites is 3. The molecule has 13 rings (SSSR count). The van der Waals surface area contributed by atoms with Crippen LogP contribution in [0, 0.1) is 0 Å². The minimum absolute atomic E-state index is 0.566. The van der Waals surface area contributed by atoms with E-state index in [-0.39, 0.29) is 0 Å². The molecule has 0 fully saturated rings. The van der Waals surface area contributed by atoms with Crippen LogP contribution in [0.3, 0.4) is 0 Å². The fraction of sp³-hybridized carbons (Fsp3) is 0. The minimum atomic E-state index is 0.566. The van der Waals surface area contributed by atoms with Gasteiger partial charge in [-0.25, -0.2) is 9.97 Å². The first-order valence-corrected chi connectivity index (χ1v) is 21.5. The summed E-state index contributed by atoms with van der Waals surface area (Å²) in [6.45, 7) is 0. The van der Waals surface area contributed by atoms with Gasteiger partial charge in [-0.05, 0) is 72.8 Å². The van der Waals surface area contributed by atoms with E-state index in [0.717, 1.165) is 71.1 Å². The van der Waals surface area contributed by atoms with E-state index < -0.39 is 0 Å². The maximum atomic E-state index is 5.40. The predicted octanol–water partition coefficient (Wildman–Crippen LogP) is 14.0. The van der Waals surface area contributed by atoms with Crippen LogP contribution >= 0.6 is 22.7 Å². The minimum Gasteiger partial charge on any atom is -0.307 e. The molecule has 0 bridgehead atoms. The van der Waals surface area contributed by atoms with Gasteiger partial charge in [-0.2, -0.15) is 9.97 Å². The van der Waals surface area contributed by atoms with E-state index in [2.05, 4.69) is 167 Å². The molecule has 8 aromatic carbocycles. The second kappa shape index (κ2) is 13.0. The summed E-state index contributed by atoms with van der Waals surface area (Å²) in [5.74, 6) is 1.81. The summed E-state index contributed by atoms with van der Waals surface area (Å²) in [6.07, 6.45) is 0. The molecule has 0 unspecified atom stereocenters. The SMILES string of the molecule is c1ccc(-c2nc(-c3ccc4sc5ccccc5c4c3)nc(-n3c4ccccc4c4ccc5c6ccccc6n(-c6ccc(-c7nc8ccccc8s7)cc6)c5c43)n2)cc1. The van der Waals surface area contributed by atoms with E-state index in [0.29, 0.717) is 17.6 Å². The summed E-state index contributed by atoms with van der Waals surface area (Å²) in [6, 6.07) is 64.4. The van der Waals surface area contributed by atoms with Crippen molar-refractivity contribution >= 4 is 96.7 Å². The maximum absolute atomic E-state index is 5.40. The van der Waals surface area contributed by atoms with Crippen LogP contribution in [-0.2, 0) is 0 Å². The zero-order valence-corrected chi connectivity index (χ0v) is 33.5. The van der Waals surface area contributed by atoms with Crippen LogP contribution in [-0.4, -0.2) is 29.1 Å². The first-order chi connectivity index (χ1) is 29.7. The Morgan fingerprint density at radius 1 is 0.350 bits per heavy atom. The Morgan fingerprint density at radius 3 is 1.68 bits per heavy atom. The third-order valence-electron chi connectivity index (χ3n) is 11.6. The molecule has 0 aliphatic carbocycles. The Morgan fingerprint density at radius 2 is 0.933 bits per heavy atom. The number of nitrogens with zero attached hydrogens (tertiary/aromatic N) is 6. The average Bonchev–Trinajstić information content (AvgIpc) is 4.08. The monoisotopic (exact) mass is 802 g/mol. The Labute approximate surface area is 350 Å². The largest absolute Gasteiger partial charge is 0.307 e. The Hall–Kier alpha value is -7.52. The van der Waals surface area contributed by atoms with Crippen molar-refractivity contribution in [1.82, 2.24) is 29.1 Å². The summed E-state index contributed by atoms with van der Waals surface area (Å²) in [7, 11) is 0. The van der Waals surface area contributed by atoms with Crippen molar-refractivity contribution in [3.05, 3.63) is 182 Å². The number of thiophene rings is 1. The molecule has 6 nitrogen and oxygen atoms in total. The third-order valence-corrected chi connectivity index (χ3v) is 13.9. The van der Waals surface area contributed by atoms with E-state index in [9.17, 15) is 0 Å². The molecular formula is C52H30N6S2. The van der Waals surface area contributed by atoms with E-state index in [4.69, 9.17) is 19.9 Å². The predicted molar refractivity (Wildman–Crippen MR) is 251 cm³/mol. The fourth-order valence-electron chi connectivity index (χ4n) is 8.90. The first kappa shape index (κ1) is 33.5. The van der Waals surface area contributed by atoms with Gasteiger partial charge in [0.1, 0.15) is 5.01 Å². The molecule has 13 aromatic rings. The molecule has 280 valence electrons. The second-order valence-electron chi connectivity index (χ2n) is 15.1. The molecule has 0 aliphatic heterocycles.